The van der Waals surface area contributed by atoms with Crippen LogP contribution >= 0.6 is 0 Å². The Balaban J connectivity index is 1.81. The first-order chi connectivity index (χ1) is 8.86. The lowest BCUT2D eigenvalue weighted by atomic mass is 10.1. The average molecular weight is 238 g/mol. The van der Waals surface area contributed by atoms with Crippen LogP contribution in [0.25, 0.3) is 6.08 Å². The van der Waals surface area contributed by atoms with Gasteiger partial charge in [-0.15, -0.1) is 0 Å². The molecule has 0 unspecified atom stereocenters. The maximum absolute atomic E-state index is 4.02. The maximum Gasteiger partial charge on any atom is 0.0295 e. The van der Waals surface area contributed by atoms with Crippen LogP contribution in [-0.2, 0) is 0 Å². The van der Waals surface area contributed by atoms with Crippen molar-refractivity contribution in [2.45, 2.75) is 13.0 Å². The molecular weight excluding hydrogens is 220 g/mol. The molecule has 1 aromatic heterocycles. The summed E-state index contributed by atoms with van der Waals surface area (Å²) in [6.07, 6.45) is 7.93. The van der Waals surface area contributed by atoms with E-state index in [4.69, 9.17) is 0 Å². The van der Waals surface area contributed by atoms with Gasteiger partial charge >= 0.3 is 0 Å². The fourth-order valence-electron chi connectivity index (χ4n) is 1.77. The SMILES string of the molecule is C[C@@H](NC/C=C/c1ccccc1)c1ccncc1. The van der Waals surface area contributed by atoms with E-state index in [1.165, 1.54) is 11.1 Å². The molecule has 0 bridgehead atoms. The Morgan fingerprint density at radius 1 is 1.11 bits per heavy atom. The standard InChI is InChI=1S/C16H18N2/c1-14(16-9-12-17-13-10-16)18-11-5-8-15-6-3-2-4-7-15/h2-10,12-14,18H,11H2,1H3/b8-5+/t14-/m1/s1. The zero-order chi connectivity index (χ0) is 12.6. The van der Waals surface area contributed by atoms with Crippen molar-refractivity contribution in [1.29, 1.82) is 0 Å². The normalized spacial score (nSPS) is 12.7. The topological polar surface area (TPSA) is 24.9 Å². The molecule has 0 radical (unpaired) electrons. The fourth-order valence-corrected chi connectivity index (χ4v) is 1.77. The Bertz CT molecular complexity index is 477. The molecule has 92 valence electrons. The number of rotatable bonds is 5. The predicted molar refractivity (Wildman–Crippen MR) is 76.1 cm³/mol. The van der Waals surface area contributed by atoms with E-state index < -0.39 is 0 Å². The molecule has 0 aliphatic heterocycles. The van der Waals surface area contributed by atoms with E-state index in [0.29, 0.717) is 6.04 Å². The van der Waals surface area contributed by atoms with Crippen LogP contribution in [0, 0.1) is 0 Å². The largest absolute Gasteiger partial charge is 0.307 e. The van der Waals surface area contributed by atoms with Crippen molar-refractivity contribution in [2.24, 2.45) is 0 Å². The second-order valence-corrected chi connectivity index (χ2v) is 4.22. The van der Waals surface area contributed by atoms with Crippen LogP contribution in [0.4, 0.5) is 0 Å². The van der Waals surface area contributed by atoms with E-state index in [9.17, 15) is 0 Å². The van der Waals surface area contributed by atoms with E-state index in [1.54, 1.807) is 0 Å². The minimum Gasteiger partial charge on any atom is -0.307 e. The van der Waals surface area contributed by atoms with Gasteiger partial charge in [-0.05, 0) is 30.2 Å². The van der Waals surface area contributed by atoms with E-state index in [0.717, 1.165) is 6.54 Å². The first kappa shape index (κ1) is 12.5. The van der Waals surface area contributed by atoms with Crippen LogP contribution in [0.2, 0.25) is 0 Å². The lowest BCUT2D eigenvalue weighted by Gasteiger charge is -2.11. The van der Waals surface area contributed by atoms with Gasteiger partial charge in [-0.3, -0.25) is 4.98 Å². The van der Waals surface area contributed by atoms with Gasteiger partial charge in [0, 0.05) is 25.0 Å². The molecule has 2 heteroatoms. The van der Waals surface area contributed by atoms with E-state index in [1.807, 2.05) is 42.7 Å². The summed E-state index contributed by atoms with van der Waals surface area (Å²) in [5.41, 5.74) is 2.49. The van der Waals surface area contributed by atoms with Gasteiger partial charge in [0.2, 0.25) is 0 Å². The predicted octanol–water partition coefficient (Wildman–Crippen LogP) is 3.45. The van der Waals surface area contributed by atoms with Crippen LogP contribution in [0.5, 0.6) is 0 Å². The molecule has 0 amide bonds. The first-order valence-electron chi connectivity index (χ1n) is 6.21. The molecule has 0 spiro atoms. The molecule has 1 heterocycles. The van der Waals surface area contributed by atoms with Gasteiger partial charge in [-0.1, -0.05) is 42.5 Å². The smallest absolute Gasteiger partial charge is 0.0295 e. The highest BCUT2D eigenvalue weighted by atomic mass is 14.9. The summed E-state index contributed by atoms with van der Waals surface area (Å²) in [5, 5.41) is 3.45. The summed E-state index contributed by atoms with van der Waals surface area (Å²) < 4.78 is 0. The summed E-state index contributed by atoms with van der Waals surface area (Å²) in [7, 11) is 0. The number of benzene rings is 1. The average Bonchev–Trinajstić information content (AvgIpc) is 2.45. The highest BCUT2D eigenvalue weighted by Gasteiger charge is 2.01. The lowest BCUT2D eigenvalue weighted by Crippen LogP contribution is -2.18. The molecule has 0 aliphatic rings. The third-order valence-corrected chi connectivity index (χ3v) is 2.86. The highest BCUT2D eigenvalue weighted by Crippen LogP contribution is 2.09. The second-order valence-electron chi connectivity index (χ2n) is 4.22. The summed E-state index contributed by atoms with van der Waals surface area (Å²) >= 11 is 0. The summed E-state index contributed by atoms with van der Waals surface area (Å²) in [4.78, 5) is 4.02. The Hall–Kier alpha value is -1.93. The van der Waals surface area contributed by atoms with Gasteiger partial charge in [-0.2, -0.15) is 0 Å². The van der Waals surface area contributed by atoms with Crippen LogP contribution in [0.15, 0.2) is 60.9 Å². The number of aromatic nitrogens is 1. The lowest BCUT2D eigenvalue weighted by molar-refractivity contribution is 0.617. The number of hydrogen-bond acceptors (Lipinski definition) is 2. The monoisotopic (exact) mass is 238 g/mol. The molecule has 0 saturated heterocycles. The van der Waals surface area contributed by atoms with Gasteiger partial charge in [0.15, 0.2) is 0 Å². The molecule has 1 N–H and O–H groups in total. The number of hydrogen-bond donors (Lipinski definition) is 1. The minimum atomic E-state index is 0.341. The maximum atomic E-state index is 4.02. The Morgan fingerprint density at radius 2 is 1.83 bits per heavy atom. The first-order valence-corrected chi connectivity index (χ1v) is 6.21. The molecule has 1 atom stereocenters. The molecular formula is C16H18N2. The molecule has 0 aliphatic carbocycles. The third kappa shape index (κ3) is 3.82. The summed E-state index contributed by atoms with van der Waals surface area (Å²) in [5.74, 6) is 0. The van der Waals surface area contributed by atoms with Gasteiger partial charge < -0.3 is 5.32 Å². The minimum absolute atomic E-state index is 0.341. The van der Waals surface area contributed by atoms with E-state index in [-0.39, 0.29) is 0 Å². The van der Waals surface area contributed by atoms with Gasteiger partial charge in [0.05, 0.1) is 0 Å². The molecule has 2 nitrogen and oxygen atoms in total. The van der Waals surface area contributed by atoms with Crippen molar-refractivity contribution in [3.63, 3.8) is 0 Å². The Labute approximate surface area is 108 Å². The zero-order valence-electron chi connectivity index (χ0n) is 10.6. The Kier molecular flexibility index (Phi) is 4.68. The van der Waals surface area contributed by atoms with Crippen LogP contribution in [0.3, 0.4) is 0 Å². The molecule has 0 saturated carbocycles. The van der Waals surface area contributed by atoms with E-state index >= 15 is 0 Å². The molecule has 2 aromatic rings. The molecule has 18 heavy (non-hydrogen) atoms. The number of pyridine rings is 1. The second kappa shape index (κ2) is 6.72. The Morgan fingerprint density at radius 3 is 2.56 bits per heavy atom. The van der Waals surface area contributed by atoms with Crippen molar-refractivity contribution in [2.75, 3.05) is 6.54 Å². The quantitative estimate of drug-likeness (QED) is 0.863. The van der Waals surface area contributed by atoms with Crippen molar-refractivity contribution in [3.8, 4) is 0 Å². The van der Waals surface area contributed by atoms with Crippen LogP contribution in [-0.4, -0.2) is 11.5 Å². The van der Waals surface area contributed by atoms with Gasteiger partial charge in [0.1, 0.15) is 0 Å². The molecule has 1 aromatic carbocycles. The highest BCUT2D eigenvalue weighted by molar-refractivity contribution is 5.48. The zero-order valence-corrected chi connectivity index (χ0v) is 10.6. The fraction of sp³-hybridized carbons (Fsp3) is 0.188. The molecule has 2 rings (SSSR count). The number of nitrogens with zero attached hydrogens (tertiary/aromatic N) is 1. The van der Waals surface area contributed by atoms with Crippen LogP contribution < -0.4 is 5.32 Å². The van der Waals surface area contributed by atoms with Crippen molar-refractivity contribution in [3.05, 3.63) is 72.1 Å². The number of nitrogens with one attached hydrogen (secondary N) is 1. The van der Waals surface area contributed by atoms with Crippen molar-refractivity contribution < 1.29 is 0 Å². The van der Waals surface area contributed by atoms with Crippen LogP contribution in [0.1, 0.15) is 24.1 Å². The molecule has 0 fully saturated rings. The summed E-state index contributed by atoms with van der Waals surface area (Å²) in [6.45, 7) is 3.02. The summed E-state index contributed by atoms with van der Waals surface area (Å²) in [6, 6.07) is 14.7. The van der Waals surface area contributed by atoms with E-state index in [2.05, 4.69) is 41.5 Å². The third-order valence-electron chi connectivity index (χ3n) is 2.86. The van der Waals surface area contributed by atoms with Gasteiger partial charge in [-0.25, -0.2) is 0 Å². The van der Waals surface area contributed by atoms with Crippen molar-refractivity contribution >= 4 is 6.08 Å². The van der Waals surface area contributed by atoms with Crippen molar-refractivity contribution in [1.82, 2.24) is 10.3 Å². The van der Waals surface area contributed by atoms with Gasteiger partial charge in [0.25, 0.3) is 0 Å².